The van der Waals surface area contributed by atoms with Gasteiger partial charge in [0, 0.05) is 17.3 Å². The largest absolute Gasteiger partial charge is 0.310 e. The van der Waals surface area contributed by atoms with Crippen molar-refractivity contribution in [2.45, 2.75) is 102 Å². The van der Waals surface area contributed by atoms with Gasteiger partial charge in [0.2, 0.25) is 0 Å². The van der Waals surface area contributed by atoms with Crippen LogP contribution in [0.4, 0.5) is 0 Å². The monoisotopic (exact) mass is 285 g/mol. The van der Waals surface area contributed by atoms with E-state index in [0.29, 0.717) is 0 Å². The highest BCUT2D eigenvalue weighted by Gasteiger charge is 2.27. The summed E-state index contributed by atoms with van der Waals surface area (Å²) in [5.41, 5.74) is 0. The topological polar surface area (TPSA) is 12.0 Å². The van der Waals surface area contributed by atoms with E-state index in [1.54, 1.807) is 0 Å². The molecule has 1 aliphatic rings. The molecule has 1 N–H and O–H groups in total. The average molecular weight is 286 g/mol. The van der Waals surface area contributed by atoms with Gasteiger partial charge in [-0.2, -0.15) is 11.8 Å². The van der Waals surface area contributed by atoms with Crippen LogP contribution in [0.15, 0.2) is 0 Å². The van der Waals surface area contributed by atoms with E-state index in [1.165, 1.54) is 70.6 Å². The summed E-state index contributed by atoms with van der Waals surface area (Å²) in [4.78, 5) is 0. The van der Waals surface area contributed by atoms with Crippen LogP contribution < -0.4 is 5.32 Å². The van der Waals surface area contributed by atoms with Gasteiger partial charge in [0.1, 0.15) is 0 Å². The Balaban J connectivity index is 2.33. The molecule has 0 aliphatic heterocycles. The van der Waals surface area contributed by atoms with Gasteiger partial charge in [0.15, 0.2) is 0 Å². The van der Waals surface area contributed by atoms with Crippen LogP contribution in [0, 0.1) is 0 Å². The van der Waals surface area contributed by atoms with E-state index in [4.69, 9.17) is 0 Å². The Labute approximate surface area is 125 Å². The highest BCUT2D eigenvalue weighted by Crippen LogP contribution is 2.29. The van der Waals surface area contributed by atoms with Crippen LogP contribution in [0.2, 0.25) is 0 Å². The van der Waals surface area contributed by atoms with Gasteiger partial charge in [-0.25, -0.2) is 0 Å². The van der Waals surface area contributed by atoms with Crippen LogP contribution in [-0.4, -0.2) is 23.6 Å². The Bertz CT molecular complexity index is 197. The molecule has 2 atom stereocenters. The van der Waals surface area contributed by atoms with Gasteiger partial charge < -0.3 is 5.32 Å². The maximum atomic E-state index is 4.01. The summed E-state index contributed by atoms with van der Waals surface area (Å²) in [5, 5.41) is 4.89. The summed E-state index contributed by atoms with van der Waals surface area (Å²) in [6, 6.07) is 1.58. The Morgan fingerprint density at radius 2 is 1.63 bits per heavy atom. The van der Waals surface area contributed by atoms with Crippen molar-refractivity contribution in [2.24, 2.45) is 0 Å². The van der Waals surface area contributed by atoms with Gasteiger partial charge >= 0.3 is 0 Å². The van der Waals surface area contributed by atoms with E-state index in [2.05, 4.69) is 37.2 Å². The van der Waals surface area contributed by atoms with Crippen LogP contribution in [0.25, 0.3) is 0 Å². The summed E-state index contributed by atoms with van der Waals surface area (Å²) in [5.74, 6) is 0. The van der Waals surface area contributed by atoms with E-state index < -0.39 is 0 Å². The molecule has 1 saturated carbocycles. The molecule has 2 unspecified atom stereocenters. The Morgan fingerprint density at radius 3 is 2.16 bits per heavy atom. The van der Waals surface area contributed by atoms with Crippen molar-refractivity contribution in [1.82, 2.24) is 5.32 Å². The predicted octanol–water partition coefficient (Wildman–Crippen LogP) is 5.39. The molecule has 0 amide bonds. The SMILES string of the molecule is CCCCCC(CCCCC)NC1CCCC1SC. The van der Waals surface area contributed by atoms with Crippen molar-refractivity contribution in [3.63, 3.8) is 0 Å². The van der Waals surface area contributed by atoms with Crippen LogP contribution in [0.1, 0.15) is 84.5 Å². The molecule has 1 fully saturated rings. The molecule has 0 bridgehead atoms. The molecule has 0 radical (unpaired) electrons. The van der Waals surface area contributed by atoms with E-state index in [1.807, 2.05) is 0 Å². The van der Waals surface area contributed by atoms with Gasteiger partial charge in [-0.3, -0.25) is 0 Å². The van der Waals surface area contributed by atoms with Crippen LogP contribution >= 0.6 is 11.8 Å². The highest BCUT2D eigenvalue weighted by molar-refractivity contribution is 7.99. The van der Waals surface area contributed by atoms with Gasteiger partial charge in [-0.15, -0.1) is 0 Å². The van der Waals surface area contributed by atoms with E-state index in [0.717, 1.165) is 17.3 Å². The first-order valence-corrected chi connectivity index (χ1v) is 9.89. The van der Waals surface area contributed by atoms with Crippen LogP contribution in [-0.2, 0) is 0 Å². The van der Waals surface area contributed by atoms with E-state index in [9.17, 15) is 0 Å². The molecule has 1 nitrogen and oxygen atoms in total. The van der Waals surface area contributed by atoms with Crippen molar-refractivity contribution in [3.05, 3.63) is 0 Å². The third-order valence-electron chi connectivity index (χ3n) is 4.52. The van der Waals surface area contributed by atoms with Crippen molar-refractivity contribution in [2.75, 3.05) is 6.26 Å². The molecule has 0 heterocycles. The lowest BCUT2D eigenvalue weighted by atomic mass is 10.0. The summed E-state index contributed by atoms with van der Waals surface area (Å²) in [6.45, 7) is 4.61. The zero-order chi connectivity index (χ0) is 13.9. The van der Waals surface area contributed by atoms with Crippen molar-refractivity contribution in [3.8, 4) is 0 Å². The Hall–Kier alpha value is 0.310. The molecule has 0 aromatic rings. The fraction of sp³-hybridized carbons (Fsp3) is 1.00. The Morgan fingerprint density at radius 1 is 1.00 bits per heavy atom. The number of hydrogen-bond acceptors (Lipinski definition) is 2. The highest BCUT2D eigenvalue weighted by atomic mass is 32.2. The second-order valence-electron chi connectivity index (χ2n) is 6.17. The second-order valence-corrected chi connectivity index (χ2v) is 7.24. The first-order valence-electron chi connectivity index (χ1n) is 8.60. The quantitative estimate of drug-likeness (QED) is 0.511. The molecule has 1 aliphatic carbocycles. The number of thioether (sulfide) groups is 1. The third-order valence-corrected chi connectivity index (χ3v) is 5.69. The van der Waals surface area contributed by atoms with Crippen LogP contribution in [0.5, 0.6) is 0 Å². The lowest BCUT2D eigenvalue weighted by molar-refractivity contribution is 0.374. The van der Waals surface area contributed by atoms with Crippen molar-refractivity contribution in [1.29, 1.82) is 0 Å². The molecule has 0 saturated heterocycles. The average Bonchev–Trinajstić information content (AvgIpc) is 2.86. The van der Waals surface area contributed by atoms with E-state index >= 15 is 0 Å². The standard InChI is InChI=1S/C17H35NS/c1-4-6-8-11-15(12-9-7-5-2)18-16-13-10-14-17(16)19-3/h15-18H,4-14H2,1-3H3. The number of unbranched alkanes of at least 4 members (excludes halogenated alkanes) is 4. The summed E-state index contributed by atoms with van der Waals surface area (Å²) in [6.07, 6.45) is 17.7. The molecular formula is C17H35NS. The normalized spacial score (nSPS) is 23.4. The predicted molar refractivity (Wildman–Crippen MR) is 90.1 cm³/mol. The summed E-state index contributed by atoms with van der Waals surface area (Å²) < 4.78 is 0. The Kier molecular flexibility index (Phi) is 10.1. The van der Waals surface area contributed by atoms with E-state index in [-0.39, 0.29) is 0 Å². The zero-order valence-electron chi connectivity index (χ0n) is 13.4. The molecule has 114 valence electrons. The first kappa shape index (κ1) is 17.4. The molecule has 19 heavy (non-hydrogen) atoms. The maximum absolute atomic E-state index is 4.01. The minimum Gasteiger partial charge on any atom is -0.310 e. The van der Waals surface area contributed by atoms with Gasteiger partial charge in [0.05, 0.1) is 0 Å². The van der Waals surface area contributed by atoms with Crippen LogP contribution in [0.3, 0.4) is 0 Å². The second kappa shape index (κ2) is 11.0. The number of hydrogen-bond donors (Lipinski definition) is 1. The van der Waals surface area contributed by atoms with Gasteiger partial charge in [-0.05, 0) is 31.9 Å². The molecule has 0 aromatic carbocycles. The maximum Gasteiger partial charge on any atom is 0.0198 e. The first-order chi connectivity index (χ1) is 9.31. The summed E-state index contributed by atoms with van der Waals surface area (Å²) >= 11 is 2.08. The third kappa shape index (κ3) is 7.04. The fourth-order valence-corrected chi connectivity index (χ4v) is 4.24. The van der Waals surface area contributed by atoms with Gasteiger partial charge in [-0.1, -0.05) is 58.8 Å². The molecule has 0 spiro atoms. The number of nitrogens with one attached hydrogen (secondary N) is 1. The molecule has 0 aromatic heterocycles. The summed E-state index contributed by atoms with van der Waals surface area (Å²) in [7, 11) is 0. The minimum atomic E-state index is 0.788. The lowest BCUT2D eigenvalue weighted by Gasteiger charge is -2.26. The van der Waals surface area contributed by atoms with Gasteiger partial charge in [0.25, 0.3) is 0 Å². The minimum absolute atomic E-state index is 0.788. The number of rotatable bonds is 11. The molecule has 2 heteroatoms. The molecular weight excluding hydrogens is 250 g/mol. The smallest absolute Gasteiger partial charge is 0.0198 e. The zero-order valence-corrected chi connectivity index (χ0v) is 14.2. The van der Waals surface area contributed by atoms with Crippen molar-refractivity contribution >= 4 is 11.8 Å². The molecule has 1 rings (SSSR count). The van der Waals surface area contributed by atoms with Crippen molar-refractivity contribution < 1.29 is 0 Å². The lowest BCUT2D eigenvalue weighted by Crippen LogP contribution is -2.41. The fourth-order valence-electron chi connectivity index (χ4n) is 3.29.